The first-order valence-electron chi connectivity index (χ1n) is 11.5. The van der Waals surface area contributed by atoms with Crippen LogP contribution in [0.15, 0.2) is 52.3 Å². The molecule has 0 aromatic heterocycles. The summed E-state index contributed by atoms with van der Waals surface area (Å²) < 4.78 is 60.6. The summed E-state index contributed by atoms with van der Waals surface area (Å²) in [6.45, 7) is 0.920. The van der Waals surface area contributed by atoms with Gasteiger partial charge in [0.25, 0.3) is 21.9 Å². The van der Waals surface area contributed by atoms with E-state index in [1.165, 1.54) is 30.3 Å². The normalized spacial score (nSPS) is 18.0. The molecule has 4 rings (SSSR count). The SMILES string of the molecule is Cc1ccc(S(=O)(=O)OCCOCCS(=O)(=O)c2cccc3c2C(=O)N(C2CCC(=O)NC2=O)C3=O)cc1. The van der Waals surface area contributed by atoms with Gasteiger partial charge < -0.3 is 4.74 Å². The average Bonchev–Trinajstić information content (AvgIpc) is 3.11. The Bertz CT molecular complexity index is 1520. The maximum atomic E-state index is 13.1. The second-order valence-corrected chi connectivity index (χ2v) is 12.3. The number of fused-ring (bicyclic) bond motifs is 1. The molecule has 14 heteroatoms. The topological polar surface area (TPSA) is 170 Å². The van der Waals surface area contributed by atoms with Gasteiger partial charge in [-0.1, -0.05) is 23.8 Å². The quantitative estimate of drug-likeness (QED) is 0.245. The number of hydrogen-bond donors (Lipinski definition) is 1. The first-order valence-corrected chi connectivity index (χ1v) is 14.6. The van der Waals surface area contributed by atoms with Crippen LogP contribution in [-0.2, 0) is 38.5 Å². The maximum absolute atomic E-state index is 13.1. The van der Waals surface area contributed by atoms with Crippen LogP contribution in [0.25, 0.3) is 0 Å². The Morgan fingerprint density at radius 1 is 0.921 bits per heavy atom. The zero-order valence-electron chi connectivity index (χ0n) is 20.2. The summed E-state index contributed by atoms with van der Waals surface area (Å²) in [4.78, 5) is 50.0. The van der Waals surface area contributed by atoms with E-state index in [9.17, 15) is 36.0 Å². The van der Waals surface area contributed by atoms with Crippen molar-refractivity contribution in [2.45, 2.75) is 35.6 Å². The van der Waals surface area contributed by atoms with E-state index in [2.05, 4.69) is 5.32 Å². The monoisotopic (exact) mass is 564 g/mol. The highest BCUT2D eigenvalue weighted by atomic mass is 32.2. The van der Waals surface area contributed by atoms with Crippen molar-refractivity contribution < 1.29 is 44.9 Å². The fourth-order valence-electron chi connectivity index (χ4n) is 4.10. The van der Waals surface area contributed by atoms with E-state index in [0.717, 1.165) is 5.56 Å². The highest BCUT2D eigenvalue weighted by molar-refractivity contribution is 7.91. The average molecular weight is 565 g/mol. The van der Waals surface area contributed by atoms with E-state index >= 15 is 0 Å². The van der Waals surface area contributed by atoms with Crippen molar-refractivity contribution in [3.8, 4) is 0 Å². The van der Waals surface area contributed by atoms with E-state index in [4.69, 9.17) is 8.92 Å². The first-order chi connectivity index (χ1) is 17.9. The third kappa shape index (κ3) is 5.53. The molecule has 1 unspecified atom stereocenters. The highest BCUT2D eigenvalue weighted by Gasteiger charge is 2.46. The number of piperidine rings is 1. The largest absolute Gasteiger partial charge is 0.378 e. The summed E-state index contributed by atoms with van der Waals surface area (Å²) in [6, 6.07) is 8.63. The van der Waals surface area contributed by atoms with Crippen LogP contribution in [-0.4, -0.2) is 77.0 Å². The molecule has 1 N–H and O–H groups in total. The Balaban J connectivity index is 1.37. The van der Waals surface area contributed by atoms with Gasteiger partial charge in [0.2, 0.25) is 11.8 Å². The van der Waals surface area contributed by atoms with Gasteiger partial charge in [-0.3, -0.25) is 33.6 Å². The van der Waals surface area contributed by atoms with Gasteiger partial charge >= 0.3 is 0 Å². The molecule has 2 aromatic rings. The van der Waals surface area contributed by atoms with Crippen LogP contribution in [0.5, 0.6) is 0 Å². The first kappa shape index (κ1) is 27.6. The molecule has 202 valence electrons. The smallest absolute Gasteiger partial charge is 0.297 e. The van der Waals surface area contributed by atoms with Crippen molar-refractivity contribution in [1.29, 1.82) is 0 Å². The van der Waals surface area contributed by atoms with E-state index in [1.807, 2.05) is 6.92 Å². The lowest BCUT2D eigenvalue weighted by molar-refractivity contribution is -0.136. The Morgan fingerprint density at radius 2 is 1.63 bits per heavy atom. The van der Waals surface area contributed by atoms with Gasteiger partial charge in [0.15, 0.2) is 9.84 Å². The van der Waals surface area contributed by atoms with E-state index in [0.29, 0.717) is 4.90 Å². The Labute approximate surface area is 218 Å². The van der Waals surface area contributed by atoms with Crippen LogP contribution in [0.3, 0.4) is 0 Å². The minimum atomic E-state index is -4.12. The third-order valence-corrected chi connectivity index (χ3v) is 9.08. The predicted molar refractivity (Wildman–Crippen MR) is 130 cm³/mol. The third-order valence-electron chi connectivity index (χ3n) is 6.04. The van der Waals surface area contributed by atoms with Gasteiger partial charge in [-0.05, 0) is 37.6 Å². The summed E-state index contributed by atoms with van der Waals surface area (Å²) in [7, 11) is -8.11. The molecule has 2 aliphatic heterocycles. The molecule has 0 aliphatic carbocycles. The Morgan fingerprint density at radius 3 is 2.32 bits per heavy atom. The van der Waals surface area contributed by atoms with Gasteiger partial charge in [-0.2, -0.15) is 8.42 Å². The number of rotatable bonds is 10. The predicted octanol–water partition coefficient (Wildman–Crippen LogP) is 0.592. The zero-order valence-corrected chi connectivity index (χ0v) is 21.8. The molecule has 2 aliphatic rings. The van der Waals surface area contributed by atoms with Crippen LogP contribution in [0, 0.1) is 6.92 Å². The second-order valence-electron chi connectivity index (χ2n) is 8.65. The molecule has 2 heterocycles. The lowest BCUT2D eigenvalue weighted by Gasteiger charge is -2.27. The molecular weight excluding hydrogens is 540 g/mol. The lowest BCUT2D eigenvalue weighted by atomic mass is 10.0. The van der Waals surface area contributed by atoms with Crippen LogP contribution in [0.2, 0.25) is 0 Å². The summed E-state index contributed by atoms with van der Waals surface area (Å²) in [5.74, 6) is -3.65. The second kappa shape index (κ2) is 10.7. The minimum absolute atomic E-state index is 0.0193. The van der Waals surface area contributed by atoms with Crippen molar-refractivity contribution in [1.82, 2.24) is 10.2 Å². The zero-order chi connectivity index (χ0) is 27.7. The molecule has 4 amide bonds. The highest BCUT2D eigenvalue weighted by Crippen LogP contribution is 2.32. The lowest BCUT2D eigenvalue weighted by Crippen LogP contribution is -2.54. The van der Waals surface area contributed by atoms with Crippen LogP contribution in [0.4, 0.5) is 0 Å². The molecule has 0 radical (unpaired) electrons. The molecule has 0 spiro atoms. The summed E-state index contributed by atoms with van der Waals surface area (Å²) in [5, 5.41) is 2.08. The number of nitrogens with one attached hydrogen (secondary N) is 1. The van der Waals surface area contributed by atoms with Gasteiger partial charge in [0.05, 0.1) is 46.5 Å². The van der Waals surface area contributed by atoms with Crippen molar-refractivity contribution in [3.63, 3.8) is 0 Å². The maximum Gasteiger partial charge on any atom is 0.297 e. The van der Waals surface area contributed by atoms with Gasteiger partial charge in [0, 0.05) is 6.42 Å². The van der Waals surface area contributed by atoms with Crippen molar-refractivity contribution in [2.24, 2.45) is 0 Å². The molecule has 1 saturated heterocycles. The number of carbonyl (C=O) groups excluding carboxylic acids is 4. The fourth-order valence-corrected chi connectivity index (χ4v) is 6.34. The number of amides is 4. The van der Waals surface area contributed by atoms with E-state index < -0.39 is 55.4 Å². The summed E-state index contributed by atoms with van der Waals surface area (Å²) in [5.41, 5.74) is 0.387. The Kier molecular flexibility index (Phi) is 7.78. The molecule has 1 atom stereocenters. The summed E-state index contributed by atoms with van der Waals surface area (Å²) in [6.07, 6.45) is -0.129. The van der Waals surface area contributed by atoms with Crippen LogP contribution >= 0.6 is 0 Å². The number of aryl methyl sites for hydroxylation is 1. The number of sulfone groups is 1. The number of benzene rings is 2. The Hall–Kier alpha value is -3.46. The number of imide groups is 2. The van der Waals surface area contributed by atoms with Crippen molar-refractivity contribution in [2.75, 3.05) is 25.6 Å². The number of ether oxygens (including phenoxy) is 1. The number of hydrogen-bond acceptors (Lipinski definition) is 10. The molecule has 1 fully saturated rings. The molecule has 0 saturated carbocycles. The van der Waals surface area contributed by atoms with Gasteiger partial charge in [-0.25, -0.2) is 8.42 Å². The fraction of sp³-hybridized carbons (Fsp3) is 0.333. The molecule has 0 bridgehead atoms. The van der Waals surface area contributed by atoms with Crippen molar-refractivity contribution >= 4 is 43.6 Å². The molecule has 12 nitrogen and oxygen atoms in total. The van der Waals surface area contributed by atoms with Crippen LogP contribution < -0.4 is 5.32 Å². The summed E-state index contributed by atoms with van der Waals surface area (Å²) >= 11 is 0. The van der Waals surface area contributed by atoms with Crippen LogP contribution in [0.1, 0.15) is 39.1 Å². The van der Waals surface area contributed by atoms with Crippen molar-refractivity contribution in [3.05, 3.63) is 59.2 Å². The standard InChI is InChI=1S/C24H24N2O10S2/c1-15-5-7-16(8-6-15)38(33,34)36-12-11-35-13-14-37(31,32)19-4-2-3-17-21(19)24(30)26(23(17)29)18-9-10-20(27)25-22(18)28/h2-8,18H,9-14H2,1H3,(H,25,27,28). The molecular formula is C24H24N2O10S2. The van der Waals surface area contributed by atoms with Gasteiger partial charge in [-0.15, -0.1) is 0 Å². The molecule has 38 heavy (non-hydrogen) atoms. The number of nitrogens with zero attached hydrogens (tertiary/aromatic N) is 1. The minimum Gasteiger partial charge on any atom is -0.378 e. The molecule has 2 aromatic carbocycles. The van der Waals surface area contributed by atoms with Gasteiger partial charge in [0.1, 0.15) is 6.04 Å². The number of carbonyl (C=O) groups is 4. The van der Waals surface area contributed by atoms with E-state index in [-0.39, 0.29) is 53.6 Å². The van der Waals surface area contributed by atoms with E-state index in [1.54, 1.807) is 12.1 Å².